The molecule has 1 fully saturated rings. The first-order chi connectivity index (χ1) is 8.70. The van der Waals surface area contributed by atoms with Crippen LogP contribution in [0.4, 0.5) is 0 Å². The predicted molar refractivity (Wildman–Crippen MR) is 70.5 cm³/mol. The number of methoxy groups -OCH3 is 1. The first kappa shape index (κ1) is 13.5. The Morgan fingerprint density at radius 2 is 2.44 bits per heavy atom. The minimum Gasteiger partial charge on any atom is -0.469 e. The normalized spacial score (nSPS) is 18.3. The second-order valence-electron chi connectivity index (χ2n) is 4.62. The summed E-state index contributed by atoms with van der Waals surface area (Å²) in [6.07, 6.45) is 2.71. The molecule has 18 heavy (non-hydrogen) atoms. The molecule has 2 N–H and O–H groups in total. The molecule has 2 unspecified atom stereocenters. The molecule has 0 radical (unpaired) electrons. The summed E-state index contributed by atoms with van der Waals surface area (Å²) < 4.78 is 4.65. The number of aliphatic hydroxyl groups excluding tert-OH is 1. The molecule has 1 aliphatic carbocycles. The van der Waals surface area contributed by atoms with Gasteiger partial charge < -0.3 is 15.2 Å². The van der Waals surface area contributed by atoms with Crippen LogP contribution in [0.1, 0.15) is 36.7 Å². The van der Waals surface area contributed by atoms with Crippen LogP contribution < -0.4 is 5.32 Å². The Kier molecular flexibility index (Phi) is 4.74. The summed E-state index contributed by atoms with van der Waals surface area (Å²) in [7, 11) is 1.39. The van der Waals surface area contributed by atoms with E-state index in [-0.39, 0.29) is 12.0 Å². The van der Waals surface area contributed by atoms with Gasteiger partial charge in [0.25, 0.3) is 0 Å². The van der Waals surface area contributed by atoms with Crippen molar-refractivity contribution in [2.45, 2.75) is 43.9 Å². The van der Waals surface area contributed by atoms with Gasteiger partial charge in [0.15, 0.2) is 0 Å². The lowest BCUT2D eigenvalue weighted by molar-refractivity contribution is -0.141. The zero-order chi connectivity index (χ0) is 13.0. The Hall–Kier alpha value is -0.910. The molecule has 5 heteroatoms. The van der Waals surface area contributed by atoms with Gasteiger partial charge >= 0.3 is 5.97 Å². The number of rotatable bonds is 7. The molecule has 4 nitrogen and oxygen atoms in total. The van der Waals surface area contributed by atoms with E-state index in [2.05, 4.69) is 10.1 Å². The zero-order valence-corrected chi connectivity index (χ0v) is 11.3. The Morgan fingerprint density at radius 1 is 1.67 bits per heavy atom. The van der Waals surface area contributed by atoms with Crippen molar-refractivity contribution in [3.8, 4) is 0 Å². The van der Waals surface area contributed by atoms with Crippen LogP contribution in [0, 0.1) is 0 Å². The first-order valence-electron chi connectivity index (χ1n) is 6.25. The number of nitrogens with one attached hydrogen (secondary N) is 1. The standard InChI is InChI=1S/C13H19NO3S/c1-17-12(15)7-6-10(14-9-4-5-9)13(16)11-3-2-8-18-11/h2-3,8-10,13-14,16H,4-7H2,1H3. The molecular weight excluding hydrogens is 250 g/mol. The lowest BCUT2D eigenvalue weighted by Crippen LogP contribution is -2.36. The second kappa shape index (κ2) is 6.31. The quantitative estimate of drug-likeness (QED) is 0.742. The summed E-state index contributed by atoms with van der Waals surface area (Å²) in [4.78, 5) is 12.1. The predicted octanol–water partition coefficient (Wildman–Crippen LogP) is 1.86. The van der Waals surface area contributed by atoms with E-state index in [1.807, 2.05) is 17.5 Å². The second-order valence-corrected chi connectivity index (χ2v) is 5.60. The number of ether oxygens (including phenoxy) is 1. The van der Waals surface area contributed by atoms with Gasteiger partial charge in [-0.1, -0.05) is 6.07 Å². The van der Waals surface area contributed by atoms with Gasteiger partial charge in [-0.05, 0) is 30.7 Å². The minimum absolute atomic E-state index is 0.0738. The topological polar surface area (TPSA) is 58.6 Å². The van der Waals surface area contributed by atoms with Crippen LogP contribution in [-0.4, -0.2) is 30.3 Å². The van der Waals surface area contributed by atoms with Gasteiger partial charge in [-0.25, -0.2) is 0 Å². The summed E-state index contributed by atoms with van der Waals surface area (Å²) in [6.45, 7) is 0. The summed E-state index contributed by atoms with van der Waals surface area (Å²) in [5.41, 5.74) is 0. The molecule has 100 valence electrons. The average molecular weight is 269 g/mol. The van der Waals surface area contributed by atoms with Crippen molar-refractivity contribution in [3.63, 3.8) is 0 Å². The summed E-state index contributed by atoms with van der Waals surface area (Å²) in [5, 5.41) is 15.7. The van der Waals surface area contributed by atoms with Crippen molar-refractivity contribution in [1.29, 1.82) is 0 Å². The molecule has 0 amide bonds. The van der Waals surface area contributed by atoms with Crippen molar-refractivity contribution < 1.29 is 14.6 Å². The number of hydrogen-bond acceptors (Lipinski definition) is 5. The van der Waals surface area contributed by atoms with Crippen molar-refractivity contribution >= 4 is 17.3 Å². The van der Waals surface area contributed by atoms with Gasteiger partial charge in [0, 0.05) is 23.4 Å². The highest BCUT2D eigenvalue weighted by molar-refractivity contribution is 7.10. The minimum atomic E-state index is -0.546. The van der Waals surface area contributed by atoms with E-state index in [4.69, 9.17) is 0 Å². The lowest BCUT2D eigenvalue weighted by atomic mass is 10.0. The van der Waals surface area contributed by atoms with Gasteiger partial charge in [0.2, 0.25) is 0 Å². The van der Waals surface area contributed by atoms with Crippen LogP contribution in [0.15, 0.2) is 17.5 Å². The van der Waals surface area contributed by atoms with Gasteiger partial charge in [0.05, 0.1) is 7.11 Å². The molecule has 1 aliphatic rings. The molecule has 1 heterocycles. The highest BCUT2D eigenvalue weighted by atomic mass is 32.1. The van der Waals surface area contributed by atoms with Gasteiger partial charge in [-0.15, -0.1) is 11.3 Å². The summed E-state index contributed by atoms with van der Waals surface area (Å²) >= 11 is 1.54. The highest BCUT2D eigenvalue weighted by Crippen LogP contribution is 2.28. The molecule has 0 saturated heterocycles. The fraction of sp³-hybridized carbons (Fsp3) is 0.615. The van der Waals surface area contributed by atoms with E-state index < -0.39 is 6.10 Å². The van der Waals surface area contributed by atoms with E-state index in [0.29, 0.717) is 18.9 Å². The smallest absolute Gasteiger partial charge is 0.305 e. The molecule has 2 atom stereocenters. The largest absolute Gasteiger partial charge is 0.469 e. The number of aliphatic hydroxyl groups is 1. The third-order valence-electron chi connectivity index (χ3n) is 3.13. The molecule has 2 rings (SSSR count). The lowest BCUT2D eigenvalue weighted by Gasteiger charge is -2.23. The van der Waals surface area contributed by atoms with Gasteiger partial charge in [-0.3, -0.25) is 4.79 Å². The van der Waals surface area contributed by atoms with Crippen LogP contribution in [0.25, 0.3) is 0 Å². The first-order valence-corrected chi connectivity index (χ1v) is 7.13. The Morgan fingerprint density at radius 3 is 3.00 bits per heavy atom. The molecule has 0 bridgehead atoms. The van der Waals surface area contributed by atoms with E-state index in [9.17, 15) is 9.90 Å². The Bertz CT molecular complexity index is 376. The van der Waals surface area contributed by atoms with Crippen LogP contribution in [0.3, 0.4) is 0 Å². The number of carbonyl (C=O) groups excluding carboxylic acids is 1. The molecule has 1 aromatic rings. The van der Waals surface area contributed by atoms with Crippen LogP contribution in [0.2, 0.25) is 0 Å². The molecule has 0 aliphatic heterocycles. The average Bonchev–Trinajstić information content (AvgIpc) is 3.03. The third-order valence-corrected chi connectivity index (χ3v) is 4.07. The van der Waals surface area contributed by atoms with Crippen LogP contribution >= 0.6 is 11.3 Å². The number of carbonyl (C=O) groups is 1. The molecule has 1 saturated carbocycles. The van der Waals surface area contributed by atoms with E-state index >= 15 is 0 Å². The number of thiophene rings is 1. The van der Waals surface area contributed by atoms with E-state index in [0.717, 1.165) is 17.7 Å². The Labute approximate surface area is 111 Å². The maximum absolute atomic E-state index is 11.2. The molecular formula is C13H19NO3S. The monoisotopic (exact) mass is 269 g/mol. The van der Waals surface area contributed by atoms with E-state index in [1.165, 1.54) is 7.11 Å². The maximum Gasteiger partial charge on any atom is 0.305 e. The number of hydrogen-bond donors (Lipinski definition) is 2. The third kappa shape index (κ3) is 3.80. The van der Waals surface area contributed by atoms with Crippen LogP contribution in [-0.2, 0) is 9.53 Å². The fourth-order valence-corrected chi connectivity index (χ4v) is 2.69. The van der Waals surface area contributed by atoms with Crippen molar-refractivity contribution in [2.24, 2.45) is 0 Å². The SMILES string of the molecule is COC(=O)CCC(NC1CC1)C(O)c1cccs1. The number of esters is 1. The summed E-state index contributed by atoms with van der Waals surface area (Å²) in [5.74, 6) is -0.226. The van der Waals surface area contributed by atoms with Gasteiger partial charge in [0.1, 0.15) is 6.10 Å². The van der Waals surface area contributed by atoms with Crippen molar-refractivity contribution in [3.05, 3.63) is 22.4 Å². The zero-order valence-electron chi connectivity index (χ0n) is 10.5. The van der Waals surface area contributed by atoms with Crippen LogP contribution in [0.5, 0.6) is 0 Å². The Balaban J connectivity index is 1.92. The molecule has 0 spiro atoms. The highest BCUT2D eigenvalue weighted by Gasteiger charge is 2.29. The molecule has 1 aromatic heterocycles. The van der Waals surface area contributed by atoms with Gasteiger partial charge in [-0.2, -0.15) is 0 Å². The molecule has 0 aromatic carbocycles. The van der Waals surface area contributed by atoms with E-state index in [1.54, 1.807) is 11.3 Å². The van der Waals surface area contributed by atoms with Crippen molar-refractivity contribution in [1.82, 2.24) is 5.32 Å². The maximum atomic E-state index is 11.2. The summed E-state index contributed by atoms with van der Waals surface area (Å²) in [6, 6.07) is 4.28. The fourth-order valence-electron chi connectivity index (χ4n) is 1.92. The van der Waals surface area contributed by atoms with Crippen molar-refractivity contribution in [2.75, 3.05) is 7.11 Å².